The normalized spacial score (nSPS) is 34.2. The Morgan fingerprint density at radius 2 is 2.38 bits per heavy atom. The van der Waals surface area contributed by atoms with E-state index in [1.54, 1.807) is 7.11 Å². The molecule has 1 rings (SSSR count). The van der Waals surface area contributed by atoms with Gasteiger partial charge < -0.3 is 15.2 Å². The summed E-state index contributed by atoms with van der Waals surface area (Å²) in [5.41, 5.74) is -0.147. The summed E-state index contributed by atoms with van der Waals surface area (Å²) in [5, 5.41) is 11.1. The van der Waals surface area contributed by atoms with Crippen molar-refractivity contribution in [2.24, 2.45) is 0 Å². The molecule has 0 radical (unpaired) electrons. The lowest BCUT2D eigenvalue weighted by atomic mass is 9.83. The number of hydrogen-bond acceptors (Lipinski definition) is 2. The Kier molecular flexibility index (Phi) is 3.14. The Morgan fingerprint density at radius 3 is 2.92 bits per heavy atom. The van der Waals surface area contributed by atoms with Gasteiger partial charge in [-0.25, -0.2) is 4.79 Å². The third-order valence-corrected chi connectivity index (χ3v) is 2.76. The van der Waals surface area contributed by atoms with Gasteiger partial charge in [-0.1, -0.05) is 0 Å². The minimum atomic E-state index is -0.939. The van der Waals surface area contributed by atoms with Crippen LogP contribution in [0.2, 0.25) is 0 Å². The topological polar surface area (TPSA) is 58.6 Å². The lowest BCUT2D eigenvalue weighted by molar-refractivity contribution is -0.0315. The third-order valence-electron chi connectivity index (χ3n) is 2.76. The molecule has 1 amide bonds. The van der Waals surface area contributed by atoms with Gasteiger partial charge in [-0.15, -0.1) is 0 Å². The van der Waals surface area contributed by atoms with Gasteiger partial charge in [0.2, 0.25) is 0 Å². The average Bonchev–Trinajstić information content (AvgIpc) is 2.03. The summed E-state index contributed by atoms with van der Waals surface area (Å²) in [5.74, 6) is 0. The molecule has 1 aliphatic rings. The lowest BCUT2D eigenvalue weighted by Gasteiger charge is -2.36. The lowest BCUT2D eigenvalue weighted by Crippen LogP contribution is -2.44. The fourth-order valence-electron chi connectivity index (χ4n) is 1.93. The maximum Gasteiger partial charge on any atom is 0.404 e. The van der Waals surface area contributed by atoms with Gasteiger partial charge in [0.05, 0.1) is 5.60 Å². The number of amides is 1. The predicted molar refractivity (Wildman–Crippen MR) is 48.8 cm³/mol. The van der Waals surface area contributed by atoms with E-state index in [9.17, 15) is 4.79 Å². The molecule has 2 atom stereocenters. The van der Waals surface area contributed by atoms with Crippen LogP contribution in [0.5, 0.6) is 0 Å². The molecule has 4 heteroatoms. The highest BCUT2D eigenvalue weighted by Gasteiger charge is 2.32. The molecule has 2 unspecified atom stereocenters. The van der Waals surface area contributed by atoms with Crippen LogP contribution in [0.15, 0.2) is 0 Å². The highest BCUT2D eigenvalue weighted by atomic mass is 16.5. The molecule has 76 valence electrons. The van der Waals surface area contributed by atoms with Crippen LogP contribution in [0.1, 0.15) is 32.6 Å². The Morgan fingerprint density at radius 1 is 1.69 bits per heavy atom. The van der Waals surface area contributed by atoms with Crippen LogP contribution in [-0.4, -0.2) is 30.0 Å². The fourth-order valence-corrected chi connectivity index (χ4v) is 1.93. The van der Waals surface area contributed by atoms with Crippen LogP contribution in [-0.2, 0) is 4.74 Å². The average molecular weight is 187 g/mol. The molecule has 0 bridgehead atoms. The van der Waals surface area contributed by atoms with Crippen LogP contribution in [0.4, 0.5) is 4.79 Å². The molecule has 1 aliphatic carbocycles. The Bertz CT molecular complexity index is 195. The maximum absolute atomic E-state index is 10.4. The monoisotopic (exact) mass is 187 g/mol. The summed E-state index contributed by atoms with van der Waals surface area (Å²) in [6.45, 7) is 2.03. The first kappa shape index (κ1) is 10.3. The number of methoxy groups -OCH3 is 1. The first-order chi connectivity index (χ1) is 6.06. The summed E-state index contributed by atoms with van der Waals surface area (Å²) in [7, 11) is 1.68. The quantitative estimate of drug-likeness (QED) is 0.690. The molecule has 1 fully saturated rings. The van der Waals surface area contributed by atoms with E-state index < -0.39 is 6.09 Å². The summed E-state index contributed by atoms with van der Waals surface area (Å²) >= 11 is 0. The van der Waals surface area contributed by atoms with E-state index in [0.717, 1.165) is 25.7 Å². The van der Waals surface area contributed by atoms with E-state index in [1.807, 2.05) is 6.92 Å². The van der Waals surface area contributed by atoms with Crippen molar-refractivity contribution in [2.75, 3.05) is 7.11 Å². The van der Waals surface area contributed by atoms with Crippen molar-refractivity contribution >= 4 is 6.09 Å². The summed E-state index contributed by atoms with van der Waals surface area (Å²) in [6, 6.07) is 0.0520. The van der Waals surface area contributed by atoms with E-state index in [4.69, 9.17) is 9.84 Å². The van der Waals surface area contributed by atoms with E-state index >= 15 is 0 Å². The number of hydrogen-bond donors (Lipinski definition) is 2. The molecule has 0 spiro atoms. The molecule has 1 saturated carbocycles. The van der Waals surface area contributed by atoms with Gasteiger partial charge in [-0.2, -0.15) is 0 Å². The van der Waals surface area contributed by atoms with E-state index in [-0.39, 0.29) is 11.6 Å². The standard InChI is InChI=1S/C9H17NO3/c1-9(13-2)5-3-4-7(6-9)10-8(11)12/h7,10H,3-6H2,1-2H3,(H,11,12). The molecule has 0 aromatic heterocycles. The van der Waals surface area contributed by atoms with Crippen LogP contribution < -0.4 is 5.32 Å². The fraction of sp³-hybridized carbons (Fsp3) is 0.889. The third kappa shape index (κ3) is 2.88. The molecule has 0 aliphatic heterocycles. The summed E-state index contributed by atoms with van der Waals surface area (Å²) < 4.78 is 5.36. The second-order valence-corrected chi connectivity index (χ2v) is 3.90. The molecule has 0 aromatic carbocycles. The van der Waals surface area contributed by atoms with Gasteiger partial charge in [0, 0.05) is 13.2 Å². The van der Waals surface area contributed by atoms with Crippen molar-refractivity contribution in [2.45, 2.75) is 44.2 Å². The van der Waals surface area contributed by atoms with Gasteiger partial charge in [0.1, 0.15) is 0 Å². The van der Waals surface area contributed by atoms with Crippen molar-refractivity contribution < 1.29 is 14.6 Å². The molecular formula is C9H17NO3. The number of carboxylic acid groups (broad SMARTS) is 1. The van der Waals surface area contributed by atoms with Crippen LogP contribution >= 0.6 is 0 Å². The van der Waals surface area contributed by atoms with Crippen LogP contribution in [0.25, 0.3) is 0 Å². The largest absolute Gasteiger partial charge is 0.465 e. The first-order valence-corrected chi connectivity index (χ1v) is 4.60. The number of carbonyl (C=O) groups is 1. The van der Waals surface area contributed by atoms with Crippen molar-refractivity contribution in [3.8, 4) is 0 Å². The highest BCUT2D eigenvalue weighted by molar-refractivity contribution is 5.64. The van der Waals surface area contributed by atoms with E-state index in [1.165, 1.54) is 0 Å². The second kappa shape index (κ2) is 3.96. The zero-order valence-electron chi connectivity index (χ0n) is 8.17. The number of ether oxygens (including phenoxy) is 1. The summed E-state index contributed by atoms with van der Waals surface area (Å²) in [4.78, 5) is 10.4. The molecular weight excluding hydrogens is 170 g/mol. The van der Waals surface area contributed by atoms with Crippen molar-refractivity contribution in [3.05, 3.63) is 0 Å². The van der Waals surface area contributed by atoms with Gasteiger partial charge in [0.15, 0.2) is 0 Å². The Balaban J connectivity index is 2.46. The van der Waals surface area contributed by atoms with Gasteiger partial charge in [-0.3, -0.25) is 0 Å². The maximum atomic E-state index is 10.4. The molecule has 0 aromatic rings. The number of nitrogens with one attached hydrogen (secondary N) is 1. The van der Waals surface area contributed by atoms with Gasteiger partial charge in [-0.05, 0) is 32.6 Å². The zero-order chi connectivity index (χ0) is 9.90. The van der Waals surface area contributed by atoms with Crippen LogP contribution in [0.3, 0.4) is 0 Å². The van der Waals surface area contributed by atoms with Crippen molar-refractivity contribution in [1.29, 1.82) is 0 Å². The minimum Gasteiger partial charge on any atom is -0.465 e. The molecule has 4 nitrogen and oxygen atoms in total. The molecule has 13 heavy (non-hydrogen) atoms. The highest BCUT2D eigenvalue weighted by Crippen LogP contribution is 2.30. The molecule has 0 heterocycles. The predicted octanol–water partition coefficient (Wildman–Crippen LogP) is 1.60. The number of rotatable bonds is 2. The van der Waals surface area contributed by atoms with Crippen molar-refractivity contribution in [1.82, 2.24) is 5.32 Å². The molecule has 0 saturated heterocycles. The SMILES string of the molecule is COC1(C)CCCC(NC(=O)O)C1. The van der Waals surface area contributed by atoms with Crippen LogP contribution in [0, 0.1) is 0 Å². The van der Waals surface area contributed by atoms with Gasteiger partial charge in [0.25, 0.3) is 0 Å². The zero-order valence-corrected chi connectivity index (χ0v) is 8.17. The minimum absolute atomic E-state index is 0.0520. The summed E-state index contributed by atoms with van der Waals surface area (Å²) in [6.07, 6.45) is 2.79. The smallest absolute Gasteiger partial charge is 0.404 e. The second-order valence-electron chi connectivity index (χ2n) is 3.90. The van der Waals surface area contributed by atoms with Crippen molar-refractivity contribution in [3.63, 3.8) is 0 Å². The van der Waals surface area contributed by atoms with E-state index in [0.29, 0.717) is 0 Å². The van der Waals surface area contributed by atoms with E-state index in [2.05, 4.69) is 5.32 Å². The Hall–Kier alpha value is -0.770. The Labute approximate surface area is 78.3 Å². The van der Waals surface area contributed by atoms with Gasteiger partial charge >= 0.3 is 6.09 Å². The first-order valence-electron chi connectivity index (χ1n) is 4.60. The molecule has 2 N–H and O–H groups in total.